The molecule has 0 fully saturated rings. The lowest BCUT2D eigenvalue weighted by atomic mass is 10.3. The van der Waals surface area contributed by atoms with Crippen molar-refractivity contribution in [2.75, 3.05) is 0 Å². The molecule has 2 aromatic heterocycles. The summed E-state index contributed by atoms with van der Waals surface area (Å²) in [7, 11) is 0. The lowest BCUT2D eigenvalue weighted by Crippen LogP contribution is -2.25. The Labute approximate surface area is 111 Å². The van der Waals surface area contributed by atoms with Crippen molar-refractivity contribution in [3.63, 3.8) is 0 Å². The Kier molecular flexibility index (Phi) is 3.73. The molecule has 0 aliphatic carbocycles. The Hall–Kier alpha value is -1.73. The summed E-state index contributed by atoms with van der Waals surface area (Å²) in [5.74, 6) is -1.30. The summed E-state index contributed by atoms with van der Waals surface area (Å²) in [5, 5.41) is 14.2. The van der Waals surface area contributed by atoms with Gasteiger partial charge in [0.25, 0.3) is 5.91 Å². The third-order valence-electron chi connectivity index (χ3n) is 2.21. The highest BCUT2D eigenvalue weighted by Gasteiger charge is 2.16. The molecular weight excluding hydrogens is 272 g/mol. The van der Waals surface area contributed by atoms with Gasteiger partial charge in [0.15, 0.2) is 0 Å². The van der Waals surface area contributed by atoms with Gasteiger partial charge in [-0.15, -0.1) is 22.7 Å². The van der Waals surface area contributed by atoms with Crippen LogP contribution in [-0.2, 0) is 0 Å². The Morgan fingerprint density at radius 1 is 1.39 bits per heavy atom. The van der Waals surface area contributed by atoms with E-state index in [1.807, 2.05) is 12.3 Å². The predicted molar refractivity (Wildman–Crippen MR) is 69.3 cm³/mol. The minimum absolute atomic E-state index is 0.155. The zero-order chi connectivity index (χ0) is 13.1. The Balaban J connectivity index is 2.05. The third kappa shape index (κ3) is 2.74. The van der Waals surface area contributed by atoms with Gasteiger partial charge in [0.05, 0.1) is 10.9 Å². The molecule has 7 heteroatoms. The number of nitrogens with one attached hydrogen (secondary N) is 1. The summed E-state index contributed by atoms with van der Waals surface area (Å²) in [6.45, 7) is 1.84. The summed E-state index contributed by atoms with van der Waals surface area (Å²) in [4.78, 5) is 27.2. The van der Waals surface area contributed by atoms with Crippen LogP contribution in [0.15, 0.2) is 23.7 Å². The van der Waals surface area contributed by atoms with E-state index in [0.717, 1.165) is 16.3 Å². The average Bonchev–Trinajstić information content (AvgIpc) is 3.00. The maximum Gasteiger partial charge on any atom is 0.345 e. The molecule has 0 spiro atoms. The molecule has 0 saturated carbocycles. The molecule has 5 nitrogen and oxygen atoms in total. The second-order valence-electron chi connectivity index (χ2n) is 3.53. The van der Waals surface area contributed by atoms with Gasteiger partial charge in [0.1, 0.15) is 9.88 Å². The standard InChI is InChI=1S/C11H10N2O3S2/c1-6(10-12-4-5-17-10)13-9(14)7-2-3-8(18-7)11(15)16/h2-6H,1H3,(H,13,14)(H,15,16). The lowest BCUT2D eigenvalue weighted by Gasteiger charge is -2.09. The van der Waals surface area contributed by atoms with Crippen LogP contribution in [0, 0.1) is 0 Å². The summed E-state index contributed by atoms with van der Waals surface area (Å²) in [6, 6.07) is 2.75. The lowest BCUT2D eigenvalue weighted by molar-refractivity contribution is 0.0702. The number of rotatable bonds is 4. The molecule has 0 saturated heterocycles. The zero-order valence-corrected chi connectivity index (χ0v) is 11.0. The van der Waals surface area contributed by atoms with E-state index >= 15 is 0 Å². The molecule has 1 atom stereocenters. The van der Waals surface area contributed by atoms with Crippen LogP contribution in [0.3, 0.4) is 0 Å². The first kappa shape index (κ1) is 12.7. The number of carboxylic acids is 1. The van der Waals surface area contributed by atoms with Crippen molar-refractivity contribution in [3.05, 3.63) is 38.5 Å². The fourth-order valence-corrected chi connectivity index (χ4v) is 2.75. The topological polar surface area (TPSA) is 79.3 Å². The highest BCUT2D eigenvalue weighted by molar-refractivity contribution is 7.15. The molecule has 1 unspecified atom stereocenters. The molecule has 0 bridgehead atoms. The highest BCUT2D eigenvalue weighted by Crippen LogP contribution is 2.19. The first-order valence-electron chi connectivity index (χ1n) is 5.11. The highest BCUT2D eigenvalue weighted by atomic mass is 32.1. The smallest absolute Gasteiger partial charge is 0.345 e. The van der Waals surface area contributed by atoms with E-state index in [4.69, 9.17) is 5.11 Å². The van der Waals surface area contributed by atoms with Crippen LogP contribution in [0.1, 0.15) is 37.3 Å². The molecular formula is C11H10N2O3S2. The van der Waals surface area contributed by atoms with E-state index in [-0.39, 0.29) is 16.8 Å². The number of nitrogens with zero attached hydrogens (tertiary/aromatic N) is 1. The zero-order valence-electron chi connectivity index (χ0n) is 9.41. The minimum atomic E-state index is -1.02. The van der Waals surface area contributed by atoms with Crippen LogP contribution < -0.4 is 5.32 Å². The molecule has 0 aliphatic rings. The fourth-order valence-electron chi connectivity index (χ4n) is 1.35. The van der Waals surface area contributed by atoms with Crippen molar-refractivity contribution in [2.45, 2.75) is 13.0 Å². The first-order chi connectivity index (χ1) is 8.58. The van der Waals surface area contributed by atoms with Crippen molar-refractivity contribution in [1.82, 2.24) is 10.3 Å². The van der Waals surface area contributed by atoms with Crippen LogP contribution in [0.25, 0.3) is 0 Å². The number of aromatic nitrogens is 1. The van der Waals surface area contributed by atoms with Crippen LogP contribution in [0.5, 0.6) is 0 Å². The Morgan fingerprint density at radius 3 is 2.67 bits per heavy atom. The number of carbonyl (C=O) groups is 2. The summed E-state index contributed by atoms with van der Waals surface area (Å²) >= 11 is 2.42. The van der Waals surface area contributed by atoms with Crippen LogP contribution in [0.2, 0.25) is 0 Å². The number of hydrogen-bond donors (Lipinski definition) is 2. The molecule has 1 amide bonds. The number of thiazole rings is 1. The van der Waals surface area contributed by atoms with Gasteiger partial charge < -0.3 is 10.4 Å². The van der Waals surface area contributed by atoms with Crippen molar-refractivity contribution < 1.29 is 14.7 Å². The monoisotopic (exact) mass is 282 g/mol. The van der Waals surface area contributed by atoms with Crippen LogP contribution >= 0.6 is 22.7 Å². The number of amides is 1. The second-order valence-corrected chi connectivity index (χ2v) is 5.54. The number of thiophene rings is 1. The van der Waals surface area contributed by atoms with Gasteiger partial charge in [0, 0.05) is 11.6 Å². The van der Waals surface area contributed by atoms with Gasteiger partial charge in [-0.2, -0.15) is 0 Å². The SMILES string of the molecule is CC(NC(=O)c1ccc(C(=O)O)s1)c1nccs1. The molecule has 2 heterocycles. The van der Waals surface area contributed by atoms with Gasteiger partial charge >= 0.3 is 5.97 Å². The van der Waals surface area contributed by atoms with E-state index in [9.17, 15) is 9.59 Å². The molecule has 2 aromatic rings. The van der Waals surface area contributed by atoms with E-state index in [1.54, 1.807) is 6.20 Å². The number of carbonyl (C=O) groups excluding carboxylic acids is 1. The molecule has 2 rings (SSSR count). The summed E-state index contributed by atoms with van der Waals surface area (Å²) < 4.78 is 0. The molecule has 2 N–H and O–H groups in total. The quantitative estimate of drug-likeness (QED) is 0.902. The maximum absolute atomic E-state index is 11.9. The minimum Gasteiger partial charge on any atom is -0.477 e. The predicted octanol–water partition coefficient (Wildman–Crippen LogP) is 2.39. The number of hydrogen-bond acceptors (Lipinski definition) is 5. The summed E-state index contributed by atoms with van der Waals surface area (Å²) in [6.07, 6.45) is 1.68. The third-order valence-corrected chi connectivity index (χ3v) is 4.24. The van der Waals surface area contributed by atoms with Crippen LogP contribution in [-0.4, -0.2) is 22.0 Å². The molecule has 94 valence electrons. The maximum atomic E-state index is 11.9. The van der Waals surface area contributed by atoms with E-state index in [0.29, 0.717) is 4.88 Å². The Morgan fingerprint density at radius 2 is 2.11 bits per heavy atom. The van der Waals surface area contributed by atoms with Crippen molar-refractivity contribution in [2.24, 2.45) is 0 Å². The van der Waals surface area contributed by atoms with E-state index in [1.165, 1.54) is 23.5 Å². The van der Waals surface area contributed by atoms with Crippen LogP contribution in [0.4, 0.5) is 0 Å². The molecule has 0 radical (unpaired) electrons. The Bertz CT molecular complexity index is 563. The average molecular weight is 282 g/mol. The number of aromatic carboxylic acids is 1. The second kappa shape index (κ2) is 5.28. The van der Waals surface area contributed by atoms with Gasteiger partial charge in [-0.3, -0.25) is 4.79 Å². The molecule has 0 aliphatic heterocycles. The molecule has 18 heavy (non-hydrogen) atoms. The van der Waals surface area contributed by atoms with Gasteiger partial charge in [-0.05, 0) is 19.1 Å². The molecule has 0 aromatic carbocycles. The first-order valence-corrected chi connectivity index (χ1v) is 6.81. The largest absolute Gasteiger partial charge is 0.477 e. The van der Waals surface area contributed by atoms with Crippen molar-refractivity contribution in [1.29, 1.82) is 0 Å². The fraction of sp³-hybridized carbons (Fsp3) is 0.182. The number of carboxylic acid groups (broad SMARTS) is 1. The van der Waals surface area contributed by atoms with Crippen molar-refractivity contribution >= 4 is 34.6 Å². The van der Waals surface area contributed by atoms with Gasteiger partial charge in [-0.1, -0.05) is 0 Å². The van der Waals surface area contributed by atoms with Gasteiger partial charge in [-0.25, -0.2) is 9.78 Å². The van der Waals surface area contributed by atoms with E-state index < -0.39 is 5.97 Å². The van der Waals surface area contributed by atoms with Gasteiger partial charge in [0.2, 0.25) is 0 Å². The van der Waals surface area contributed by atoms with Crippen molar-refractivity contribution in [3.8, 4) is 0 Å². The summed E-state index contributed by atoms with van der Waals surface area (Å²) in [5.41, 5.74) is 0. The normalized spacial score (nSPS) is 12.1. The van der Waals surface area contributed by atoms with E-state index in [2.05, 4.69) is 10.3 Å².